The van der Waals surface area contributed by atoms with E-state index >= 15 is 0 Å². The Morgan fingerprint density at radius 1 is 1.06 bits per heavy atom. The Labute approximate surface area is 99.4 Å². The normalized spacial score (nSPS) is 34.5. The van der Waals surface area contributed by atoms with Crippen LogP contribution in [0.5, 0.6) is 0 Å². The highest BCUT2D eigenvalue weighted by molar-refractivity contribution is 4.84. The predicted molar refractivity (Wildman–Crippen MR) is 66.5 cm³/mol. The minimum atomic E-state index is -0.0399. The van der Waals surface area contributed by atoms with Crippen molar-refractivity contribution in [3.05, 3.63) is 0 Å². The number of rotatable bonds is 2. The minimum absolute atomic E-state index is 0.0399. The van der Waals surface area contributed by atoms with Gasteiger partial charge < -0.3 is 5.11 Å². The average molecular weight is 226 g/mol. The first kappa shape index (κ1) is 12.3. The van der Waals surface area contributed by atoms with E-state index in [1.807, 2.05) is 0 Å². The molecular weight excluding hydrogens is 200 g/mol. The van der Waals surface area contributed by atoms with Crippen molar-refractivity contribution in [1.82, 2.24) is 9.80 Å². The van der Waals surface area contributed by atoms with E-state index in [9.17, 15) is 5.11 Å². The average Bonchev–Trinajstić information content (AvgIpc) is 2.29. The van der Waals surface area contributed by atoms with Gasteiger partial charge in [-0.15, -0.1) is 0 Å². The lowest BCUT2D eigenvalue weighted by atomic mass is 9.91. The van der Waals surface area contributed by atoms with Gasteiger partial charge in [0.25, 0.3) is 0 Å². The van der Waals surface area contributed by atoms with Crippen LogP contribution in [-0.4, -0.2) is 59.3 Å². The summed E-state index contributed by atoms with van der Waals surface area (Å²) in [4.78, 5) is 5.15. The Kier molecular flexibility index (Phi) is 4.22. The van der Waals surface area contributed by atoms with Crippen LogP contribution in [0.3, 0.4) is 0 Å². The molecule has 0 aromatic carbocycles. The van der Waals surface area contributed by atoms with Crippen molar-refractivity contribution in [3.63, 3.8) is 0 Å². The summed E-state index contributed by atoms with van der Waals surface area (Å²) in [5.41, 5.74) is 0. The third-order valence-corrected chi connectivity index (χ3v) is 4.21. The Balaban J connectivity index is 1.79. The summed E-state index contributed by atoms with van der Waals surface area (Å²) in [5.74, 6) is 0. The maximum Gasteiger partial charge on any atom is 0.0555 e. The molecule has 94 valence electrons. The maximum atomic E-state index is 9.71. The third-order valence-electron chi connectivity index (χ3n) is 4.21. The van der Waals surface area contributed by atoms with Crippen molar-refractivity contribution in [2.45, 2.75) is 57.7 Å². The SMILES string of the molecule is CC(C)N1CCN(C2CCCC(O)C2)CC1. The highest BCUT2D eigenvalue weighted by Gasteiger charge is 2.28. The number of piperazine rings is 1. The zero-order chi connectivity index (χ0) is 11.5. The molecular formula is C13H26N2O. The Bertz CT molecular complexity index is 212. The second kappa shape index (κ2) is 5.48. The summed E-state index contributed by atoms with van der Waals surface area (Å²) in [6.07, 6.45) is 4.47. The highest BCUT2D eigenvalue weighted by atomic mass is 16.3. The van der Waals surface area contributed by atoms with E-state index in [1.165, 1.54) is 39.0 Å². The fourth-order valence-electron chi connectivity index (χ4n) is 3.09. The van der Waals surface area contributed by atoms with Gasteiger partial charge in [0.2, 0.25) is 0 Å². The zero-order valence-corrected chi connectivity index (χ0v) is 10.7. The Morgan fingerprint density at radius 3 is 2.31 bits per heavy atom. The Hall–Kier alpha value is -0.120. The molecule has 3 heteroatoms. The monoisotopic (exact) mass is 226 g/mol. The summed E-state index contributed by atoms with van der Waals surface area (Å²) in [5, 5.41) is 9.71. The largest absolute Gasteiger partial charge is 0.393 e. The number of nitrogens with zero attached hydrogens (tertiary/aromatic N) is 2. The molecule has 0 bridgehead atoms. The predicted octanol–water partition coefficient (Wildman–Crippen LogP) is 1.32. The second-order valence-corrected chi connectivity index (χ2v) is 5.64. The van der Waals surface area contributed by atoms with Crippen molar-refractivity contribution in [1.29, 1.82) is 0 Å². The molecule has 2 fully saturated rings. The first-order valence-electron chi connectivity index (χ1n) is 6.83. The van der Waals surface area contributed by atoms with Crippen LogP contribution in [-0.2, 0) is 0 Å². The van der Waals surface area contributed by atoms with E-state index < -0.39 is 0 Å². The number of hydrogen-bond donors (Lipinski definition) is 1. The minimum Gasteiger partial charge on any atom is -0.393 e. The quantitative estimate of drug-likeness (QED) is 0.769. The molecule has 1 saturated carbocycles. The fourth-order valence-corrected chi connectivity index (χ4v) is 3.09. The van der Waals surface area contributed by atoms with Crippen LogP contribution in [0.1, 0.15) is 39.5 Å². The lowest BCUT2D eigenvalue weighted by Crippen LogP contribution is -2.53. The molecule has 2 aliphatic rings. The summed E-state index contributed by atoms with van der Waals surface area (Å²) >= 11 is 0. The first-order valence-corrected chi connectivity index (χ1v) is 6.83. The number of aliphatic hydroxyl groups excluding tert-OH is 1. The van der Waals surface area contributed by atoms with Gasteiger partial charge in [-0.1, -0.05) is 0 Å². The smallest absolute Gasteiger partial charge is 0.0555 e. The Morgan fingerprint density at radius 2 is 1.75 bits per heavy atom. The van der Waals surface area contributed by atoms with Crippen LogP contribution in [0.2, 0.25) is 0 Å². The molecule has 16 heavy (non-hydrogen) atoms. The number of aliphatic hydroxyl groups is 1. The summed E-state index contributed by atoms with van der Waals surface area (Å²) < 4.78 is 0. The van der Waals surface area contributed by atoms with Crippen molar-refractivity contribution < 1.29 is 5.11 Å². The van der Waals surface area contributed by atoms with Crippen LogP contribution in [0.25, 0.3) is 0 Å². The highest BCUT2D eigenvalue weighted by Crippen LogP contribution is 2.24. The zero-order valence-electron chi connectivity index (χ0n) is 10.7. The topological polar surface area (TPSA) is 26.7 Å². The van der Waals surface area contributed by atoms with Gasteiger partial charge in [-0.25, -0.2) is 0 Å². The van der Waals surface area contributed by atoms with Gasteiger partial charge in [0.05, 0.1) is 6.10 Å². The lowest BCUT2D eigenvalue weighted by molar-refractivity contribution is 0.0271. The van der Waals surface area contributed by atoms with Crippen molar-refractivity contribution >= 4 is 0 Å². The van der Waals surface area contributed by atoms with Crippen LogP contribution in [0.15, 0.2) is 0 Å². The van der Waals surface area contributed by atoms with Gasteiger partial charge in [-0.05, 0) is 39.5 Å². The van der Waals surface area contributed by atoms with Crippen LogP contribution in [0.4, 0.5) is 0 Å². The van der Waals surface area contributed by atoms with Gasteiger partial charge in [0.1, 0.15) is 0 Å². The molecule has 2 rings (SSSR count). The summed E-state index contributed by atoms with van der Waals surface area (Å²) in [6, 6.07) is 1.33. The first-order chi connectivity index (χ1) is 7.66. The summed E-state index contributed by atoms with van der Waals surface area (Å²) in [6.45, 7) is 9.33. The van der Waals surface area contributed by atoms with E-state index in [2.05, 4.69) is 23.6 Å². The molecule has 0 aromatic heterocycles. The molecule has 1 aliphatic heterocycles. The lowest BCUT2D eigenvalue weighted by Gasteiger charge is -2.42. The van der Waals surface area contributed by atoms with Crippen molar-refractivity contribution in [2.24, 2.45) is 0 Å². The molecule has 2 unspecified atom stereocenters. The molecule has 0 radical (unpaired) electrons. The second-order valence-electron chi connectivity index (χ2n) is 5.64. The van der Waals surface area contributed by atoms with E-state index in [0.717, 1.165) is 12.8 Å². The maximum absolute atomic E-state index is 9.71. The van der Waals surface area contributed by atoms with Gasteiger partial charge in [0.15, 0.2) is 0 Å². The van der Waals surface area contributed by atoms with Gasteiger partial charge >= 0.3 is 0 Å². The molecule has 2 atom stereocenters. The van der Waals surface area contributed by atoms with E-state index in [4.69, 9.17) is 0 Å². The third kappa shape index (κ3) is 2.96. The van der Waals surface area contributed by atoms with Crippen LogP contribution < -0.4 is 0 Å². The molecule has 0 spiro atoms. The van der Waals surface area contributed by atoms with E-state index in [1.54, 1.807) is 0 Å². The van der Waals surface area contributed by atoms with Crippen LogP contribution >= 0.6 is 0 Å². The van der Waals surface area contributed by atoms with Crippen molar-refractivity contribution in [2.75, 3.05) is 26.2 Å². The molecule has 0 aromatic rings. The van der Waals surface area contributed by atoms with E-state index in [-0.39, 0.29) is 6.10 Å². The fraction of sp³-hybridized carbons (Fsp3) is 1.00. The number of hydrogen-bond acceptors (Lipinski definition) is 3. The summed E-state index contributed by atoms with van der Waals surface area (Å²) in [7, 11) is 0. The molecule has 1 saturated heterocycles. The molecule has 1 N–H and O–H groups in total. The standard InChI is InChI=1S/C13H26N2O/c1-11(2)14-6-8-15(9-7-14)12-4-3-5-13(16)10-12/h11-13,16H,3-10H2,1-2H3. The molecule has 0 amide bonds. The molecule has 1 aliphatic carbocycles. The van der Waals surface area contributed by atoms with Gasteiger partial charge in [-0.2, -0.15) is 0 Å². The van der Waals surface area contributed by atoms with Gasteiger partial charge in [0, 0.05) is 38.3 Å². The van der Waals surface area contributed by atoms with E-state index in [0.29, 0.717) is 12.1 Å². The molecule has 1 heterocycles. The molecule has 3 nitrogen and oxygen atoms in total. The van der Waals surface area contributed by atoms with Crippen molar-refractivity contribution in [3.8, 4) is 0 Å². The van der Waals surface area contributed by atoms with Crippen LogP contribution in [0, 0.1) is 0 Å². The van der Waals surface area contributed by atoms with Gasteiger partial charge in [-0.3, -0.25) is 9.80 Å².